The van der Waals surface area contributed by atoms with Gasteiger partial charge >= 0.3 is 5.97 Å². The van der Waals surface area contributed by atoms with Gasteiger partial charge in [0.15, 0.2) is 0 Å². The molecule has 1 aromatic rings. The third-order valence-electron chi connectivity index (χ3n) is 3.06. The number of rotatable bonds is 4. The second-order valence-corrected chi connectivity index (χ2v) is 4.48. The fourth-order valence-corrected chi connectivity index (χ4v) is 2.05. The Bertz CT molecular complexity index is 562. The molecule has 3 N–H and O–H groups in total. The first-order valence-electron chi connectivity index (χ1n) is 6.02. The molecule has 0 aliphatic carbocycles. The number of hydrogen-bond donors (Lipinski definition) is 3. The van der Waals surface area contributed by atoms with Crippen molar-refractivity contribution in [3.8, 4) is 0 Å². The Balaban J connectivity index is 2.17. The Hall–Kier alpha value is -2.64. The molecule has 1 amide bonds. The highest BCUT2D eigenvalue weighted by atomic mass is 16.6. The average molecular weight is 279 g/mol. The van der Waals surface area contributed by atoms with Gasteiger partial charge in [0.1, 0.15) is 5.56 Å². The van der Waals surface area contributed by atoms with E-state index in [0.717, 1.165) is 6.07 Å². The highest BCUT2D eigenvalue weighted by Crippen LogP contribution is 2.23. The topological polar surface area (TPSA) is 122 Å². The Morgan fingerprint density at radius 1 is 1.50 bits per heavy atom. The summed E-state index contributed by atoms with van der Waals surface area (Å²) >= 11 is 0. The Kier molecular flexibility index (Phi) is 3.83. The van der Waals surface area contributed by atoms with Crippen molar-refractivity contribution in [1.29, 1.82) is 0 Å². The molecule has 0 saturated carbocycles. The number of nitro benzene ring substituents is 1. The molecule has 0 spiro atoms. The molecule has 1 saturated heterocycles. The Morgan fingerprint density at radius 2 is 2.25 bits per heavy atom. The Labute approximate surface area is 113 Å². The zero-order valence-electron chi connectivity index (χ0n) is 10.5. The number of carboxylic acids is 1. The van der Waals surface area contributed by atoms with Gasteiger partial charge in [-0.25, -0.2) is 4.79 Å². The van der Waals surface area contributed by atoms with Gasteiger partial charge in [0.05, 0.1) is 4.92 Å². The first-order chi connectivity index (χ1) is 9.47. The molecule has 2 rings (SSSR count). The summed E-state index contributed by atoms with van der Waals surface area (Å²) in [6.45, 7) is 0.443. The van der Waals surface area contributed by atoms with E-state index in [1.807, 2.05) is 0 Å². The first-order valence-corrected chi connectivity index (χ1v) is 6.02. The number of nitrogens with one attached hydrogen (secondary N) is 2. The molecular weight excluding hydrogens is 266 g/mol. The molecule has 0 radical (unpaired) electrons. The second kappa shape index (κ2) is 5.55. The van der Waals surface area contributed by atoms with Crippen LogP contribution in [0.1, 0.15) is 23.2 Å². The lowest BCUT2D eigenvalue weighted by atomic mass is 10.1. The van der Waals surface area contributed by atoms with Gasteiger partial charge in [-0.1, -0.05) is 0 Å². The van der Waals surface area contributed by atoms with Gasteiger partial charge in [-0.15, -0.1) is 0 Å². The van der Waals surface area contributed by atoms with E-state index < -0.39 is 16.6 Å². The first kappa shape index (κ1) is 13.8. The molecule has 1 aliphatic rings. The number of carbonyl (C=O) groups excluding carboxylic acids is 1. The molecule has 1 fully saturated rings. The van der Waals surface area contributed by atoms with Crippen LogP contribution in [0, 0.1) is 10.1 Å². The molecule has 1 aliphatic heterocycles. The molecule has 0 bridgehead atoms. The number of nitro groups is 1. The highest BCUT2D eigenvalue weighted by molar-refractivity contribution is 5.93. The minimum Gasteiger partial charge on any atom is -0.477 e. The van der Waals surface area contributed by atoms with Crippen LogP contribution in [0.4, 0.5) is 11.4 Å². The van der Waals surface area contributed by atoms with Gasteiger partial charge in [-0.3, -0.25) is 14.9 Å². The molecule has 8 nitrogen and oxygen atoms in total. The van der Waals surface area contributed by atoms with Crippen molar-refractivity contribution in [2.24, 2.45) is 0 Å². The van der Waals surface area contributed by atoms with E-state index >= 15 is 0 Å². The number of carbonyl (C=O) groups is 2. The zero-order chi connectivity index (χ0) is 14.7. The normalized spacial score (nSPS) is 18.2. The molecule has 20 heavy (non-hydrogen) atoms. The fraction of sp³-hybridized carbons (Fsp3) is 0.333. The number of anilines is 1. The SMILES string of the molecule is O=C1CCC(Nc2ccc([N+](=O)[O-])c(C(=O)O)c2)CN1. The molecule has 0 aromatic heterocycles. The summed E-state index contributed by atoms with van der Waals surface area (Å²) in [5.41, 5.74) is -0.325. The lowest BCUT2D eigenvalue weighted by Crippen LogP contribution is -2.41. The summed E-state index contributed by atoms with van der Waals surface area (Å²) in [5.74, 6) is -1.37. The maximum absolute atomic E-state index is 11.0. The van der Waals surface area contributed by atoms with Crippen molar-refractivity contribution in [2.75, 3.05) is 11.9 Å². The standard InChI is InChI=1S/C12H13N3O5/c16-11-4-2-8(6-13-11)14-7-1-3-10(15(19)20)9(5-7)12(17)18/h1,3,5,8,14H,2,4,6H2,(H,13,16)(H,17,18). The van der Waals surface area contributed by atoms with Crippen molar-refractivity contribution in [3.63, 3.8) is 0 Å². The van der Waals surface area contributed by atoms with Crippen molar-refractivity contribution in [1.82, 2.24) is 5.32 Å². The van der Waals surface area contributed by atoms with Gasteiger partial charge < -0.3 is 15.7 Å². The van der Waals surface area contributed by atoms with E-state index in [-0.39, 0.29) is 17.5 Å². The van der Waals surface area contributed by atoms with Gasteiger partial charge in [0.2, 0.25) is 5.91 Å². The number of benzene rings is 1. The third kappa shape index (κ3) is 3.02. The fourth-order valence-electron chi connectivity index (χ4n) is 2.05. The van der Waals surface area contributed by atoms with E-state index in [4.69, 9.17) is 5.11 Å². The van der Waals surface area contributed by atoms with Crippen LogP contribution in [0.5, 0.6) is 0 Å². The zero-order valence-corrected chi connectivity index (χ0v) is 10.5. The molecule has 1 atom stereocenters. The van der Waals surface area contributed by atoms with E-state index in [1.54, 1.807) is 0 Å². The van der Waals surface area contributed by atoms with Crippen LogP contribution in [-0.4, -0.2) is 34.5 Å². The van der Waals surface area contributed by atoms with Crippen LogP contribution < -0.4 is 10.6 Å². The minimum atomic E-state index is -1.35. The number of piperidine rings is 1. The summed E-state index contributed by atoms with van der Waals surface area (Å²) in [6.07, 6.45) is 1.03. The lowest BCUT2D eigenvalue weighted by molar-refractivity contribution is -0.385. The largest absolute Gasteiger partial charge is 0.477 e. The monoisotopic (exact) mass is 279 g/mol. The van der Waals surface area contributed by atoms with Crippen LogP contribution >= 0.6 is 0 Å². The predicted molar refractivity (Wildman–Crippen MR) is 69.7 cm³/mol. The van der Waals surface area contributed by atoms with E-state index in [0.29, 0.717) is 25.1 Å². The van der Waals surface area contributed by atoms with Crippen LogP contribution in [0.25, 0.3) is 0 Å². The maximum atomic E-state index is 11.0. The molecule has 1 unspecified atom stereocenters. The van der Waals surface area contributed by atoms with Gasteiger partial charge in [0, 0.05) is 30.8 Å². The average Bonchev–Trinajstić information content (AvgIpc) is 2.41. The second-order valence-electron chi connectivity index (χ2n) is 4.48. The van der Waals surface area contributed by atoms with Crippen LogP contribution in [0.3, 0.4) is 0 Å². The lowest BCUT2D eigenvalue weighted by Gasteiger charge is -2.24. The Morgan fingerprint density at radius 3 is 2.80 bits per heavy atom. The van der Waals surface area contributed by atoms with Crippen molar-refractivity contribution in [3.05, 3.63) is 33.9 Å². The summed E-state index contributed by atoms with van der Waals surface area (Å²) in [6, 6.07) is 3.83. The van der Waals surface area contributed by atoms with Gasteiger partial charge in [-0.2, -0.15) is 0 Å². The predicted octanol–water partition coefficient (Wildman–Crippen LogP) is 0.983. The molecule has 1 aromatic carbocycles. The molecule has 1 heterocycles. The maximum Gasteiger partial charge on any atom is 0.342 e. The quantitative estimate of drug-likeness (QED) is 0.558. The summed E-state index contributed by atoms with van der Waals surface area (Å²) < 4.78 is 0. The van der Waals surface area contributed by atoms with E-state index in [1.165, 1.54) is 12.1 Å². The highest BCUT2D eigenvalue weighted by Gasteiger charge is 2.22. The molecular formula is C12H13N3O5. The summed E-state index contributed by atoms with van der Waals surface area (Å²) in [5, 5.41) is 25.5. The number of hydrogen-bond acceptors (Lipinski definition) is 5. The third-order valence-corrected chi connectivity index (χ3v) is 3.06. The number of nitrogens with zero attached hydrogens (tertiary/aromatic N) is 1. The van der Waals surface area contributed by atoms with Crippen LogP contribution in [-0.2, 0) is 4.79 Å². The van der Waals surface area contributed by atoms with Crippen molar-refractivity contribution >= 4 is 23.3 Å². The smallest absolute Gasteiger partial charge is 0.342 e. The van der Waals surface area contributed by atoms with E-state index in [2.05, 4.69) is 10.6 Å². The van der Waals surface area contributed by atoms with Crippen molar-refractivity contribution < 1.29 is 19.6 Å². The number of amides is 1. The molecule has 106 valence electrons. The number of aromatic carboxylic acids is 1. The van der Waals surface area contributed by atoms with Gasteiger partial charge in [0.25, 0.3) is 5.69 Å². The minimum absolute atomic E-state index is 0.0158. The number of carboxylic acid groups (broad SMARTS) is 1. The van der Waals surface area contributed by atoms with Crippen molar-refractivity contribution in [2.45, 2.75) is 18.9 Å². The van der Waals surface area contributed by atoms with Crippen LogP contribution in [0.2, 0.25) is 0 Å². The van der Waals surface area contributed by atoms with Gasteiger partial charge in [-0.05, 0) is 18.6 Å². The van der Waals surface area contributed by atoms with E-state index in [9.17, 15) is 19.7 Å². The summed E-state index contributed by atoms with van der Waals surface area (Å²) in [4.78, 5) is 32.1. The van der Waals surface area contributed by atoms with Crippen LogP contribution in [0.15, 0.2) is 18.2 Å². The molecule has 8 heteroatoms. The summed E-state index contributed by atoms with van der Waals surface area (Å²) in [7, 11) is 0.